The number of hydrogen-bond acceptors (Lipinski definition) is 2. The fraction of sp³-hybridized carbons (Fsp3) is 0.290. The number of ether oxygens (including phenoxy) is 1. The lowest BCUT2D eigenvalue weighted by Gasteiger charge is -2.27. The molecule has 0 atom stereocenters. The van der Waals surface area contributed by atoms with Gasteiger partial charge in [0, 0.05) is 34.6 Å². The first-order valence-electron chi connectivity index (χ1n) is 23.9. The summed E-state index contributed by atoms with van der Waals surface area (Å²) in [5, 5.41) is 2.31. The standard InChI is InChI=1S/C62H66N4O/c1-41(2)51-23-17-18-24-52(51)42-31-47(64-39-57(61(9,10)11)65(40-64)48-34-45(59(3,4)5)33-46(35-48)60(6,7)8)37-50(32-42)67-49-27-28-54-53-25-19-20-26-55(53)66(56(54)38-49)58-36-44(29-30-63-58)62(12,13)43-21-15-14-16-22-43/h14-39,41H,1-13H3. The Morgan fingerprint density at radius 2 is 1.21 bits per heavy atom. The van der Waals surface area contributed by atoms with Gasteiger partial charge in [-0.3, -0.25) is 13.7 Å². The van der Waals surface area contributed by atoms with Crippen LogP contribution >= 0.6 is 0 Å². The highest BCUT2D eigenvalue weighted by Gasteiger charge is 2.27. The van der Waals surface area contributed by atoms with E-state index in [0.29, 0.717) is 5.92 Å². The minimum Gasteiger partial charge on any atom is -0.458 e. The molecule has 0 amide bonds. The van der Waals surface area contributed by atoms with E-state index in [0.717, 1.165) is 56.4 Å². The smallest absolute Gasteiger partial charge is 0.269 e. The average Bonchev–Trinajstić information content (AvgIpc) is 3.90. The molecular formula is C62H66N4O. The van der Waals surface area contributed by atoms with Gasteiger partial charge in [0.15, 0.2) is 0 Å². The molecule has 0 spiro atoms. The molecule has 5 nitrogen and oxygen atoms in total. The van der Waals surface area contributed by atoms with Crippen LogP contribution in [0.15, 0.2) is 158 Å². The van der Waals surface area contributed by atoms with Crippen molar-refractivity contribution in [1.82, 2.24) is 14.1 Å². The van der Waals surface area contributed by atoms with Gasteiger partial charge in [0.2, 0.25) is 0 Å². The number of para-hydroxylation sites is 1. The third-order valence-corrected chi connectivity index (χ3v) is 13.5. The lowest BCUT2D eigenvalue weighted by Crippen LogP contribution is -2.39. The summed E-state index contributed by atoms with van der Waals surface area (Å²) in [6.45, 7) is 29.7. The van der Waals surface area contributed by atoms with Crippen molar-refractivity contribution in [3.8, 4) is 39.8 Å². The van der Waals surface area contributed by atoms with Crippen LogP contribution < -0.4 is 9.30 Å². The lowest BCUT2D eigenvalue weighted by molar-refractivity contribution is -0.611. The minimum absolute atomic E-state index is 0.0252. The first-order valence-corrected chi connectivity index (χ1v) is 23.9. The Hall–Kier alpha value is -6.72. The molecular weight excluding hydrogens is 817 g/mol. The molecule has 5 heteroatoms. The molecule has 3 heterocycles. The first kappa shape index (κ1) is 45.4. The van der Waals surface area contributed by atoms with E-state index in [2.05, 4.69) is 262 Å². The van der Waals surface area contributed by atoms with Gasteiger partial charge in [0.25, 0.3) is 6.33 Å². The van der Waals surface area contributed by atoms with Gasteiger partial charge in [-0.2, -0.15) is 0 Å². The Morgan fingerprint density at radius 3 is 1.90 bits per heavy atom. The zero-order chi connectivity index (χ0) is 47.6. The number of nitrogens with zero attached hydrogens (tertiary/aromatic N) is 4. The highest BCUT2D eigenvalue weighted by atomic mass is 16.5. The fourth-order valence-electron chi connectivity index (χ4n) is 9.38. The van der Waals surface area contributed by atoms with Crippen LogP contribution in [0.4, 0.5) is 0 Å². The van der Waals surface area contributed by atoms with Crippen LogP contribution in [0.25, 0.3) is 50.1 Å². The molecule has 9 aromatic rings. The van der Waals surface area contributed by atoms with Crippen molar-refractivity contribution in [2.45, 2.75) is 118 Å². The van der Waals surface area contributed by atoms with Crippen LogP contribution in [-0.4, -0.2) is 14.1 Å². The molecule has 67 heavy (non-hydrogen) atoms. The quantitative estimate of drug-likeness (QED) is 0.107. The predicted molar refractivity (Wildman–Crippen MR) is 279 cm³/mol. The summed E-state index contributed by atoms with van der Waals surface area (Å²) >= 11 is 0. The van der Waals surface area contributed by atoms with Gasteiger partial charge in [0.1, 0.15) is 17.3 Å². The van der Waals surface area contributed by atoms with Crippen molar-refractivity contribution in [3.63, 3.8) is 0 Å². The van der Waals surface area contributed by atoms with Gasteiger partial charge in [-0.15, -0.1) is 0 Å². The zero-order valence-corrected chi connectivity index (χ0v) is 41.8. The largest absolute Gasteiger partial charge is 0.458 e. The van der Waals surface area contributed by atoms with E-state index >= 15 is 0 Å². The van der Waals surface area contributed by atoms with E-state index in [-0.39, 0.29) is 21.7 Å². The Labute approximate surface area is 398 Å². The summed E-state index contributed by atoms with van der Waals surface area (Å²) in [4.78, 5) is 5.01. The molecule has 0 unspecified atom stereocenters. The summed E-state index contributed by atoms with van der Waals surface area (Å²) in [5.41, 5.74) is 13.6. The van der Waals surface area contributed by atoms with Gasteiger partial charge in [0.05, 0.1) is 28.1 Å². The molecule has 0 saturated heterocycles. The number of rotatable bonds is 9. The van der Waals surface area contributed by atoms with Crippen LogP contribution in [0.3, 0.4) is 0 Å². The van der Waals surface area contributed by atoms with E-state index in [1.54, 1.807) is 0 Å². The second-order valence-corrected chi connectivity index (χ2v) is 22.3. The number of fused-ring (bicyclic) bond motifs is 3. The summed E-state index contributed by atoms with van der Waals surface area (Å²) in [6, 6.07) is 52.6. The maximum absolute atomic E-state index is 7.06. The van der Waals surface area contributed by atoms with Crippen molar-refractivity contribution < 1.29 is 9.30 Å². The van der Waals surface area contributed by atoms with Crippen molar-refractivity contribution in [1.29, 1.82) is 0 Å². The van der Waals surface area contributed by atoms with E-state index in [1.165, 1.54) is 38.8 Å². The lowest BCUT2D eigenvalue weighted by atomic mass is 9.78. The zero-order valence-electron chi connectivity index (χ0n) is 41.8. The fourth-order valence-corrected chi connectivity index (χ4v) is 9.38. The van der Waals surface area contributed by atoms with Gasteiger partial charge >= 0.3 is 0 Å². The molecule has 9 rings (SSSR count). The Bertz CT molecular complexity index is 3240. The summed E-state index contributed by atoms with van der Waals surface area (Å²) < 4.78 is 13.8. The van der Waals surface area contributed by atoms with Gasteiger partial charge in [-0.1, -0.05) is 169 Å². The maximum atomic E-state index is 7.06. The summed E-state index contributed by atoms with van der Waals surface area (Å²) in [5.74, 6) is 2.69. The van der Waals surface area contributed by atoms with Crippen molar-refractivity contribution in [3.05, 3.63) is 198 Å². The second kappa shape index (κ2) is 16.9. The van der Waals surface area contributed by atoms with Crippen LogP contribution in [0, 0.1) is 6.33 Å². The third kappa shape index (κ3) is 8.85. The van der Waals surface area contributed by atoms with Crippen molar-refractivity contribution >= 4 is 21.8 Å². The molecule has 0 radical (unpaired) electrons. The molecule has 0 N–H and O–H groups in total. The molecule has 0 aliphatic rings. The van der Waals surface area contributed by atoms with Crippen LogP contribution in [-0.2, 0) is 21.7 Å². The SMILES string of the molecule is CC(C)c1ccccc1-c1cc(Oc2ccc3c4ccccc4n(-c4cc(C(C)(C)c5ccccc5)ccn4)c3c2)cc(-n2[c-][n+](-c3cc(C(C)(C)C)cc(C(C)(C)C)c3)c(C(C)(C)C)c2)c1. The number of benzene rings is 6. The summed E-state index contributed by atoms with van der Waals surface area (Å²) in [6.07, 6.45) is 8.04. The van der Waals surface area contributed by atoms with E-state index in [4.69, 9.17) is 9.72 Å². The molecule has 6 aromatic carbocycles. The van der Waals surface area contributed by atoms with E-state index in [1.807, 2.05) is 6.20 Å². The number of aromatic nitrogens is 4. The monoisotopic (exact) mass is 883 g/mol. The van der Waals surface area contributed by atoms with Crippen LogP contribution in [0.2, 0.25) is 0 Å². The van der Waals surface area contributed by atoms with Crippen molar-refractivity contribution in [2.75, 3.05) is 0 Å². The highest BCUT2D eigenvalue weighted by molar-refractivity contribution is 6.09. The van der Waals surface area contributed by atoms with E-state index in [9.17, 15) is 0 Å². The normalized spacial score (nSPS) is 12.7. The Morgan fingerprint density at radius 1 is 0.552 bits per heavy atom. The molecule has 0 bridgehead atoms. The van der Waals surface area contributed by atoms with Crippen LogP contribution in [0.1, 0.15) is 129 Å². The predicted octanol–water partition coefficient (Wildman–Crippen LogP) is 15.8. The second-order valence-electron chi connectivity index (χ2n) is 22.3. The molecule has 0 aliphatic carbocycles. The highest BCUT2D eigenvalue weighted by Crippen LogP contribution is 2.40. The molecule has 3 aromatic heterocycles. The summed E-state index contributed by atoms with van der Waals surface area (Å²) in [7, 11) is 0. The molecule has 340 valence electrons. The van der Waals surface area contributed by atoms with Gasteiger partial charge in [-0.25, -0.2) is 4.98 Å². The van der Waals surface area contributed by atoms with Crippen molar-refractivity contribution in [2.24, 2.45) is 0 Å². The van der Waals surface area contributed by atoms with Gasteiger partial charge < -0.3 is 4.74 Å². The molecule has 0 saturated carbocycles. The van der Waals surface area contributed by atoms with Gasteiger partial charge in [-0.05, 0) is 122 Å². The molecule has 0 aliphatic heterocycles. The molecule has 0 fully saturated rings. The van der Waals surface area contributed by atoms with Crippen LogP contribution in [0.5, 0.6) is 11.5 Å². The number of imidazole rings is 1. The Balaban J connectivity index is 1.20. The van der Waals surface area contributed by atoms with E-state index < -0.39 is 0 Å². The maximum Gasteiger partial charge on any atom is 0.269 e. The number of hydrogen-bond donors (Lipinski definition) is 0. The topological polar surface area (TPSA) is 35.9 Å². The Kier molecular flexibility index (Phi) is 11.4. The third-order valence-electron chi connectivity index (χ3n) is 13.5. The minimum atomic E-state index is -0.223. The first-order chi connectivity index (χ1) is 31.7. The average molecular weight is 883 g/mol. The number of pyridine rings is 1.